The van der Waals surface area contributed by atoms with Crippen LogP contribution >= 0.6 is 0 Å². The summed E-state index contributed by atoms with van der Waals surface area (Å²) in [6, 6.07) is 2.28. The second-order valence-corrected chi connectivity index (χ2v) is 8.28. The summed E-state index contributed by atoms with van der Waals surface area (Å²) in [5.74, 6) is 0.982. The Bertz CT molecular complexity index is 581. The second kappa shape index (κ2) is 8.53. The summed E-state index contributed by atoms with van der Waals surface area (Å²) in [6.45, 7) is 6.97. The molecule has 3 fully saturated rings. The van der Waals surface area contributed by atoms with Crippen LogP contribution in [0.1, 0.15) is 61.5 Å². The molecule has 26 heavy (non-hydrogen) atoms. The van der Waals surface area contributed by atoms with Crippen molar-refractivity contribution in [2.75, 3.05) is 45.8 Å². The van der Waals surface area contributed by atoms with Gasteiger partial charge in [0.1, 0.15) is 5.69 Å². The van der Waals surface area contributed by atoms with Crippen LogP contribution in [-0.4, -0.2) is 71.3 Å². The number of hydrogen-bond acceptors (Lipinski definition) is 4. The first-order chi connectivity index (χ1) is 12.8. The molecule has 4 rings (SSSR count). The predicted molar refractivity (Wildman–Crippen MR) is 102 cm³/mol. The molecule has 0 radical (unpaired) electrons. The van der Waals surface area contributed by atoms with Gasteiger partial charge in [-0.1, -0.05) is 19.3 Å². The summed E-state index contributed by atoms with van der Waals surface area (Å²) >= 11 is 0. The molecule has 1 unspecified atom stereocenters. The molecule has 0 bridgehead atoms. The van der Waals surface area contributed by atoms with Crippen molar-refractivity contribution in [2.24, 2.45) is 5.92 Å². The fourth-order valence-corrected chi connectivity index (χ4v) is 4.75. The minimum atomic E-state index is 0.102. The van der Waals surface area contributed by atoms with Crippen LogP contribution in [0.4, 0.5) is 0 Å². The number of nitrogens with zero attached hydrogens (tertiary/aromatic N) is 4. The van der Waals surface area contributed by atoms with E-state index in [4.69, 9.17) is 0 Å². The number of amides is 1. The van der Waals surface area contributed by atoms with Crippen LogP contribution in [0, 0.1) is 5.92 Å². The maximum absolute atomic E-state index is 12.8. The highest BCUT2D eigenvalue weighted by Gasteiger charge is 2.26. The van der Waals surface area contributed by atoms with Crippen LogP contribution in [-0.2, 0) is 0 Å². The molecule has 0 aromatic carbocycles. The standard InChI is InChI=1S/C20H33N5O/c26-20(19-8-10-25(22-19)18-7-4-9-21-15-18)24-13-11-23(12-14-24)16-17-5-2-1-3-6-17/h8,10,17-18,21H,1-7,9,11-16H2. The van der Waals surface area contributed by atoms with Crippen molar-refractivity contribution in [3.05, 3.63) is 18.0 Å². The molecule has 1 amide bonds. The molecule has 3 aliphatic rings. The zero-order valence-corrected chi connectivity index (χ0v) is 15.9. The molecule has 1 N–H and O–H groups in total. The lowest BCUT2D eigenvalue weighted by molar-refractivity contribution is 0.0599. The fraction of sp³-hybridized carbons (Fsp3) is 0.800. The lowest BCUT2D eigenvalue weighted by Gasteiger charge is -2.37. The molecule has 1 aromatic rings. The molecular weight excluding hydrogens is 326 g/mol. The van der Waals surface area contributed by atoms with E-state index < -0.39 is 0 Å². The summed E-state index contributed by atoms with van der Waals surface area (Å²) in [5.41, 5.74) is 0.608. The lowest BCUT2D eigenvalue weighted by Crippen LogP contribution is -2.50. The van der Waals surface area contributed by atoms with E-state index in [0.717, 1.165) is 51.6 Å². The molecule has 2 aliphatic heterocycles. The van der Waals surface area contributed by atoms with Crippen LogP contribution < -0.4 is 5.32 Å². The first kappa shape index (κ1) is 18.0. The Hall–Kier alpha value is -1.40. The Labute approximate surface area is 156 Å². The van der Waals surface area contributed by atoms with Gasteiger partial charge in [-0.15, -0.1) is 0 Å². The van der Waals surface area contributed by atoms with Gasteiger partial charge in [-0.3, -0.25) is 14.4 Å². The number of piperazine rings is 1. The highest BCUT2D eigenvalue weighted by atomic mass is 16.2. The summed E-state index contributed by atoms with van der Waals surface area (Å²) in [7, 11) is 0. The van der Waals surface area contributed by atoms with Crippen molar-refractivity contribution in [3.63, 3.8) is 0 Å². The molecule has 3 heterocycles. The van der Waals surface area contributed by atoms with Crippen LogP contribution in [0.15, 0.2) is 12.3 Å². The van der Waals surface area contributed by atoms with E-state index in [0.29, 0.717) is 11.7 Å². The molecule has 1 aromatic heterocycles. The Morgan fingerprint density at radius 3 is 2.62 bits per heavy atom. The molecule has 1 atom stereocenters. The van der Waals surface area contributed by atoms with Crippen molar-refractivity contribution < 1.29 is 4.79 Å². The van der Waals surface area contributed by atoms with E-state index in [1.165, 1.54) is 45.1 Å². The maximum atomic E-state index is 12.8. The quantitative estimate of drug-likeness (QED) is 0.895. The molecule has 2 saturated heterocycles. The zero-order chi connectivity index (χ0) is 17.8. The van der Waals surface area contributed by atoms with Crippen LogP contribution in [0.2, 0.25) is 0 Å². The van der Waals surface area contributed by atoms with Crippen LogP contribution in [0.5, 0.6) is 0 Å². The number of hydrogen-bond donors (Lipinski definition) is 1. The minimum absolute atomic E-state index is 0.102. The minimum Gasteiger partial charge on any atom is -0.335 e. The van der Waals surface area contributed by atoms with Gasteiger partial charge in [0.15, 0.2) is 0 Å². The first-order valence-corrected chi connectivity index (χ1v) is 10.6. The normalized spacial score (nSPS) is 26.2. The van der Waals surface area contributed by atoms with Crippen molar-refractivity contribution in [3.8, 4) is 0 Å². The smallest absolute Gasteiger partial charge is 0.274 e. The predicted octanol–water partition coefficient (Wildman–Crippen LogP) is 2.15. The van der Waals surface area contributed by atoms with E-state index in [1.807, 2.05) is 21.8 Å². The van der Waals surface area contributed by atoms with Crippen molar-refractivity contribution in [1.29, 1.82) is 0 Å². The Morgan fingerprint density at radius 2 is 1.88 bits per heavy atom. The van der Waals surface area contributed by atoms with Gasteiger partial charge >= 0.3 is 0 Å². The maximum Gasteiger partial charge on any atom is 0.274 e. The van der Waals surface area contributed by atoms with Crippen LogP contribution in [0.3, 0.4) is 0 Å². The van der Waals surface area contributed by atoms with E-state index in [1.54, 1.807) is 0 Å². The molecule has 0 spiro atoms. The summed E-state index contributed by atoms with van der Waals surface area (Å²) in [6.07, 6.45) is 11.3. The number of aromatic nitrogens is 2. The van der Waals surface area contributed by atoms with Gasteiger partial charge in [-0.2, -0.15) is 5.10 Å². The average Bonchev–Trinajstić information content (AvgIpc) is 3.20. The third-order valence-electron chi connectivity index (χ3n) is 6.37. The number of nitrogens with one attached hydrogen (secondary N) is 1. The molecule has 1 saturated carbocycles. The van der Waals surface area contributed by atoms with Gasteiger partial charge in [0.2, 0.25) is 0 Å². The van der Waals surface area contributed by atoms with Gasteiger partial charge in [-0.25, -0.2) is 0 Å². The summed E-state index contributed by atoms with van der Waals surface area (Å²) < 4.78 is 1.98. The van der Waals surface area contributed by atoms with Gasteiger partial charge in [0, 0.05) is 45.5 Å². The summed E-state index contributed by atoms with van der Waals surface area (Å²) in [5, 5.41) is 8.01. The second-order valence-electron chi connectivity index (χ2n) is 8.28. The van der Waals surface area contributed by atoms with Gasteiger partial charge in [0.05, 0.1) is 6.04 Å². The monoisotopic (exact) mass is 359 g/mol. The zero-order valence-electron chi connectivity index (χ0n) is 15.9. The number of rotatable bonds is 4. The third kappa shape index (κ3) is 4.29. The SMILES string of the molecule is O=C(c1ccn(C2CCCNC2)n1)N1CCN(CC2CCCCC2)CC1. The Balaban J connectivity index is 1.27. The number of carbonyl (C=O) groups is 1. The van der Waals surface area contributed by atoms with Gasteiger partial charge in [-0.05, 0) is 44.2 Å². The molecule has 6 heteroatoms. The molecule has 6 nitrogen and oxygen atoms in total. The van der Waals surface area contributed by atoms with Crippen molar-refractivity contribution in [1.82, 2.24) is 24.9 Å². The summed E-state index contributed by atoms with van der Waals surface area (Å²) in [4.78, 5) is 17.4. The van der Waals surface area contributed by atoms with Crippen molar-refractivity contribution >= 4 is 5.91 Å². The third-order valence-corrected chi connectivity index (χ3v) is 6.37. The molecule has 1 aliphatic carbocycles. The Morgan fingerprint density at radius 1 is 1.08 bits per heavy atom. The average molecular weight is 360 g/mol. The fourth-order valence-electron chi connectivity index (χ4n) is 4.75. The first-order valence-electron chi connectivity index (χ1n) is 10.6. The topological polar surface area (TPSA) is 53.4 Å². The van der Waals surface area contributed by atoms with Gasteiger partial charge < -0.3 is 10.2 Å². The van der Waals surface area contributed by atoms with E-state index >= 15 is 0 Å². The van der Waals surface area contributed by atoms with E-state index in [-0.39, 0.29) is 5.91 Å². The highest BCUT2D eigenvalue weighted by molar-refractivity contribution is 5.92. The van der Waals surface area contributed by atoms with Crippen molar-refractivity contribution in [2.45, 2.75) is 51.0 Å². The molecule has 144 valence electrons. The van der Waals surface area contributed by atoms with Crippen LogP contribution in [0.25, 0.3) is 0 Å². The largest absolute Gasteiger partial charge is 0.335 e. The molecular formula is C20H33N5O. The van der Waals surface area contributed by atoms with Gasteiger partial charge in [0.25, 0.3) is 5.91 Å². The van der Waals surface area contributed by atoms with E-state index in [2.05, 4.69) is 15.3 Å². The number of carbonyl (C=O) groups excluding carboxylic acids is 1. The van der Waals surface area contributed by atoms with E-state index in [9.17, 15) is 4.79 Å². The number of piperidine rings is 1. The Kier molecular flexibility index (Phi) is 5.90. The highest BCUT2D eigenvalue weighted by Crippen LogP contribution is 2.25. The lowest BCUT2D eigenvalue weighted by atomic mass is 9.89.